The van der Waals surface area contributed by atoms with Crippen molar-refractivity contribution in [3.8, 4) is 11.5 Å². The minimum Gasteiger partial charge on any atom is -0.493 e. The van der Waals surface area contributed by atoms with Crippen LogP contribution in [0.3, 0.4) is 0 Å². The van der Waals surface area contributed by atoms with Gasteiger partial charge in [-0.15, -0.1) is 11.8 Å². The number of carbonyl (C=O) groups excluding carboxylic acids is 1. The molecule has 0 aliphatic carbocycles. The number of methoxy groups -OCH3 is 1. The van der Waals surface area contributed by atoms with Crippen LogP contribution in [-0.2, 0) is 17.1 Å². The van der Waals surface area contributed by atoms with Crippen molar-refractivity contribution in [1.82, 2.24) is 5.32 Å². The molecule has 0 aromatic heterocycles. The highest BCUT2D eigenvalue weighted by Gasteiger charge is 2.12. The van der Waals surface area contributed by atoms with Gasteiger partial charge in [0.25, 0.3) is 0 Å². The summed E-state index contributed by atoms with van der Waals surface area (Å²) in [6.45, 7) is -2.74. The highest BCUT2D eigenvalue weighted by molar-refractivity contribution is 7.99. The van der Waals surface area contributed by atoms with Crippen molar-refractivity contribution >= 4 is 29.3 Å². The van der Waals surface area contributed by atoms with Crippen LogP contribution in [0.4, 0.5) is 8.78 Å². The monoisotopic (exact) mass is 401 g/mol. The Hall–Kier alpha value is -1.99. The van der Waals surface area contributed by atoms with Gasteiger partial charge in [-0.05, 0) is 35.4 Å². The Balaban J connectivity index is 1.81. The standard InChI is InChI=1S/C18H18ClF2NO3S/c1-24-15-6-5-12(8-16(15)25-18(20)21)9-22-17(23)11-26-10-13-3-2-4-14(19)7-13/h2-8,18H,9-11H2,1H3,(H,22,23). The first-order chi connectivity index (χ1) is 12.5. The second kappa shape index (κ2) is 10.2. The van der Waals surface area contributed by atoms with E-state index in [1.165, 1.54) is 31.0 Å². The molecule has 1 N–H and O–H groups in total. The largest absolute Gasteiger partial charge is 0.493 e. The molecule has 0 spiro atoms. The summed E-state index contributed by atoms with van der Waals surface area (Å²) in [7, 11) is 1.37. The molecule has 0 unspecified atom stereocenters. The van der Waals surface area contributed by atoms with Crippen LogP contribution >= 0.6 is 23.4 Å². The number of carbonyl (C=O) groups is 1. The van der Waals surface area contributed by atoms with Gasteiger partial charge in [0.15, 0.2) is 11.5 Å². The van der Waals surface area contributed by atoms with E-state index in [0.29, 0.717) is 16.3 Å². The molecule has 0 radical (unpaired) electrons. The van der Waals surface area contributed by atoms with Crippen LogP contribution in [0.2, 0.25) is 5.02 Å². The van der Waals surface area contributed by atoms with Crippen molar-refractivity contribution in [2.24, 2.45) is 0 Å². The van der Waals surface area contributed by atoms with E-state index in [0.717, 1.165) is 5.56 Å². The Morgan fingerprint density at radius 2 is 2.00 bits per heavy atom. The van der Waals surface area contributed by atoms with Gasteiger partial charge in [-0.3, -0.25) is 4.79 Å². The van der Waals surface area contributed by atoms with Crippen LogP contribution in [0.1, 0.15) is 11.1 Å². The number of nitrogens with one attached hydrogen (secondary N) is 1. The summed E-state index contributed by atoms with van der Waals surface area (Å²) in [4.78, 5) is 11.9. The molecular weight excluding hydrogens is 384 g/mol. The lowest BCUT2D eigenvalue weighted by atomic mass is 10.2. The third kappa shape index (κ3) is 6.72. The second-order valence-corrected chi connectivity index (χ2v) is 6.69. The first-order valence-corrected chi connectivity index (χ1v) is 9.22. The van der Waals surface area contributed by atoms with Gasteiger partial charge in [0.1, 0.15) is 0 Å². The Bertz CT molecular complexity index is 746. The van der Waals surface area contributed by atoms with Crippen molar-refractivity contribution in [2.75, 3.05) is 12.9 Å². The van der Waals surface area contributed by atoms with E-state index in [9.17, 15) is 13.6 Å². The zero-order valence-corrected chi connectivity index (χ0v) is 15.6. The van der Waals surface area contributed by atoms with Gasteiger partial charge in [-0.25, -0.2) is 0 Å². The molecule has 4 nitrogen and oxygen atoms in total. The molecule has 0 aliphatic heterocycles. The topological polar surface area (TPSA) is 47.6 Å². The van der Waals surface area contributed by atoms with E-state index < -0.39 is 6.61 Å². The van der Waals surface area contributed by atoms with Crippen LogP contribution in [0, 0.1) is 0 Å². The number of hydrogen-bond acceptors (Lipinski definition) is 4. The molecule has 0 saturated heterocycles. The van der Waals surface area contributed by atoms with E-state index in [-0.39, 0.29) is 29.7 Å². The molecule has 0 bridgehead atoms. The minimum absolute atomic E-state index is 0.0652. The molecule has 0 atom stereocenters. The minimum atomic E-state index is -2.95. The Kier molecular flexibility index (Phi) is 8.00. The summed E-state index contributed by atoms with van der Waals surface area (Å²) >= 11 is 7.38. The molecule has 0 heterocycles. The Morgan fingerprint density at radius 3 is 2.69 bits per heavy atom. The van der Waals surface area contributed by atoms with Crippen LogP contribution in [0.25, 0.3) is 0 Å². The van der Waals surface area contributed by atoms with E-state index in [2.05, 4.69) is 10.1 Å². The molecule has 26 heavy (non-hydrogen) atoms. The molecule has 140 valence electrons. The van der Waals surface area contributed by atoms with Crippen molar-refractivity contribution in [2.45, 2.75) is 18.9 Å². The van der Waals surface area contributed by atoms with Gasteiger partial charge in [0.2, 0.25) is 5.91 Å². The third-order valence-electron chi connectivity index (χ3n) is 3.32. The van der Waals surface area contributed by atoms with E-state index in [4.69, 9.17) is 16.3 Å². The lowest BCUT2D eigenvalue weighted by Crippen LogP contribution is -2.24. The van der Waals surface area contributed by atoms with E-state index in [1.54, 1.807) is 12.1 Å². The maximum absolute atomic E-state index is 12.4. The first kappa shape index (κ1) is 20.3. The summed E-state index contributed by atoms with van der Waals surface area (Å²) < 4.78 is 34.2. The first-order valence-electron chi connectivity index (χ1n) is 7.68. The fourth-order valence-corrected chi connectivity index (χ4v) is 3.18. The number of benzene rings is 2. The average molecular weight is 402 g/mol. The number of rotatable bonds is 9. The van der Waals surface area contributed by atoms with Crippen molar-refractivity contribution in [1.29, 1.82) is 0 Å². The summed E-state index contributed by atoms with van der Waals surface area (Å²) in [5.74, 6) is 0.942. The quantitative estimate of drug-likeness (QED) is 0.672. The molecule has 2 aromatic rings. The van der Waals surface area contributed by atoms with Gasteiger partial charge < -0.3 is 14.8 Å². The highest BCUT2D eigenvalue weighted by atomic mass is 35.5. The van der Waals surface area contributed by atoms with Gasteiger partial charge in [0.05, 0.1) is 12.9 Å². The van der Waals surface area contributed by atoms with Gasteiger partial charge in [0, 0.05) is 17.3 Å². The molecule has 0 fully saturated rings. The number of ether oxygens (including phenoxy) is 2. The van der Waals surface area contributed by atoms with Crippen molar-refractivity contribution in [3.63, 3.8) is 0 Å². The fourth-order valence-electron chi connectivity index (χ4n) is 2.16. The van der Waals surface area contributed by atoms with Crippen molar-refractivity contribution < 1.29 is 23.0 Å². The predicted molar refractivity (Wildman–Crippen MR) is 99.1 cm³/mol. The van der Waals surface area contributed by atoms with Crippen LogP contribution in [0.15, 0.2) is 42.5 Å². The fraction of sp³-hybridized carbons (Fsp3) is 0.278. The number of halogens is 3. The molecular formula is C18H18ClF2NO3S. The van der Waals surface area contributed by atoms with Gasteiger partial charge >= 0.3 is 6.61 Å². The number of alkyl halides is 2. The average Bonchev–Trinajstić information content (AvgIpc) is 2.60. The third-order valence-corrected chi connectivity index (χ3v) is 4.56. The van der Waals surface area contributed by atoms with Crippen LogP contribution < -0.4 is 14.8 Å². The smallest absolute Gasteiger partial charge is 0.387 e. The summed E-state index contributed by atoms with van der Waals surface area (Å²) in [6, 6.07) is 12.1. The maximum Gasteiger partial charge on any atom is 0.387 e. The number of thioether (sulfide) groups is 1. The van der Waals surface area contributed by atoms with Crippen LogP contribution in [0.5, 0.6) is 11.5 Å². The molecule has 0 aliphatic rings. The Labute approximate surface area is 159 Å². The van der Waals surface area contributed by atoms with Crippen molar-refractivity contribution in [3.05, 3.63) is 58.6 Å². The molecule has 8 heteroatoms. The normalized spacial score (nSPS) is 10.7. The number of amides is 1. The van der Waals surface area contributed by atoms with Gasteiger partial charge in [-0.1, -0.05) is 29.8 Å². The summed E-state index contributed by atoms with van der Waals surface area (Å²) in [6.07, 6.45) is 0. The lowest BCUT2D eigenvalue weighted by molar-refractivity contribution is -0.118. The second-order valence-electron chi connectivity index (χ2n) is 5.26. The van der Waals surface area contributed by atoms with Gasteiger partial charge in [-0.2, -0.15) is 8.78 Å². The van der Waals surface area contributed by atoms with Crippen LogP contribution in [-0.4, -0.2) is 25.4 Å². The van der Waals surface area contributed by atoms with E-state index in [1.807, 2.05) is 18.2 Å². The highest BCUT2D eigenvalue weighted by Crippen LogP contribution is 2.29. The number of hydrogen-bond donors (Lipinski definition) is 1. The molecule has 0 saturated carbocycles. The Morgan fingerprint density at radius 1 is 1.19 bits per heavy atom. The molecule has 1 amide bonds. The predicted octanol–water partition coefficient (Wildman–Crippen LogP) is 4.50. The summed E-state index contributed by atoms with van der Waals surface area (Å²) in [5, 5.41) is 3.41. The molecule has 2 aromatic carbocycles. The zero-order chi connectivity index (χ0) is 18.9. The lowest BCUT2D eigenvalue weighted by Gasteiger charge is -2.12. The summed E-state index contributed by atoms with van der Waals surface area (Å²) in [5.41, 5.74) is 1.67. The van der Waals surface area contributed by atoms with E-state index >= 15 is 0 Å². The maximum atomic E-state index is 12.4. The SMILES string of the molecule is COc1ccc(CNC(=O)CSCc2cccc(Cl)c2)cc1OC(F)F. The molecule has 2 rings (SSSR count). The zero-order valence-electron chi connectivity index (χ0n) is 14.0.